The lowest BCUT2D eigenvalue weighted by atomic mass is 9.85. The molecule has 0 spiro atoms. The van der Waals surface area contributed by atoms with Crippen LogP contribution < -0.4 is 0 Å². The Morgan fingerprint density at radius 3 is 2.57 bits per heavy atom. The van der Waals surface area contributed by atoms with Gasteiger partial charge in [0, 0.05) is 4.75 Å². The van der Waals surface area contributed by atoms with Gasteiger partial charge in [-0.2, -0.15) is 5.26 Å². The number of amides is 1. The summed E-state index contributed by atoms with van der Waals surface area (Å²) in [5.74, 6) is -0.587. The summed E-state index contributed by atoms with van der Waals surface area (Å²) in [6, 6.07) is 7.94. The lowest BCUT2D eigenvalue weighted by Gasteiger charge is -2.45. The molecule has 0 aromatic heterocycles. The summed E-state index contributed by atoms with van der Waals surface area (Å²) in [5, 5.41) is 28.8. The number of hydrogen-bond donors (Lipinski definition) is 2. The molecule has 2 aliphatic heterocycles. The zero-order chi connectivity index (χ0) is 15.4. The fraction of sp³-hybridized carbons (Fsp3) is 0.467. The predicted octanol–water partition coefficient (Wildman–Crippen LogP) is 1.63. The number of phenolic OH excluding ortho intramolecular Hbond substituents is 1. The molecule has 0 radical (unpaired) electrons. The molecule has 0 saturated carbocycles. The second-order valence-electron chi connectivity index (χ2n) is 5.95. The lowest BCUT2D eigenvalue weighted by Crippen LogP contribution is -2.61. The van der Waals surface area contributed by atoms with E-state index in [1.54, 1.807) is 28.8 Å². The number of carbonyl (C=O) groups is 1. The highest BCUT2D eigenvalue weighted by Crippen LogP contribution is 2.55. The number of phenols is 1. The number of rotatable bonds is 2. The summed E-state index contributed by atoms with van der Waals surface area (Å²) in [5.41, 5.74) is 0.601. The molecule has 2 heterocycles. The number of aliphatic hydroxyl groups excluding tert-OH is 1. The number of thioether (sulfide) groups is 1. The minimum atomic E-state index is -0.917. The summed E-state index contributed by atoms with van der Waals surface area (Å²) >= 11 is 1.56. The van der Waals surface area contributed by atoms with Gasteiger partial charge >= 0.3 is 0 Å². The van der Waals surface area contributed by atoms with Crippen molar-refractivity contribution in [2.75, 3.05) is 0 Å². The molecule has 110 valence electrons. The van der Waals surface area contributed by atoms with Crippen LogP contribution in [0.1, 0.15) is 25.5 Å². The fourth-order valence-corrected chi connectivity index (χ4v) is 4.68. The molecule has 5 nitrogen and oxygen atoms in total. The molecule has 2 aliphatic rings. The summed E-state index contributed by atoms with van der Waals surface area (Å²) in [6.07, 6.45) is -0.917. The summed E-state index contributed by atoms with van der Waals surface area (Å²) in [4.78, 5) is 13.9. The highest BCUT2D eigenvalue weighted by Gasteiger charge is 2.63. The summed E-state index contributed by atoms with van der Waals surface area (Å²) in [6.45, 7) is 3.89. The van der Waals surface area contributed by atoms with E-state index >= 15 is 0 Å². The van der Waals surface area contributed by atoms with E-state index in [1.807, 2.05) is 13.8 Å². The van der Waals surface area contributed by atoms with E-state index in [9.17, 15) is 20.3 Å². The quantitative estimate of drug-likeness (QED) is 0.811. The molecule has 2 N–H and O–H groups in total. The number of β-lactam (4-membered cyclic amide) rings is 1. The second-order valence-corrected chi connectivity index (χ2v) is 7.72. The third kappa shape index (κ3) is 2.00. The Balaban J connectivity index is 1.85. The molecule has 4 atom stereocenters. The van der Waals surface area contributed by atoms with Crippen LogP contribution in [0.5, 0.6) is 5.75 Å². The van der Waals surface area contributed by atoms with E-state index in [1.165, 1.54) is 12.1 Å². The smallest absolute Gasteiger partial charge is 0.233 e. The monoisotopic (exact) mass is 304 g/mol. The molecule has 1 amide bonds. The highest BCUT2D eigenvalue weighted by atomic mass is 32.2. The molecule has 1 aromatic rings. The van der Waals surface area contributed by atoms with Gasteiger partial charge in [-0.15, -0.1) is 11.8 Å². The molecule has 2 saturated heterocycles. The van der Waals surface area contributed by atoms with Gasteiger partial charge in [-0.3, -0.25) is 4.79 Å². The number of nitriles is 1. The molecular formula is C15H16N2O3S. The average Bonchev–Trinajstić information content (AvgIpc) is 2.67. The Morgan fingerprint density at radius 2 is 2.00 bits per heavy atom. The number of hydrogen-bond acceptors (Lipinski definition) is 5. The van der Waals surface area contributed by atoms with Crippen molar-refractivity contribution in [3.8, 4) is 11.8 Å². The van der Waals surface area contributed by atoms with E-state index in [0.717, 1.165) is 0 Å². The van der Waals surface area contributed by atoms with Gasteiger partial charge in [-0.05, 0) is 31.5 Å². The van der Waals surface area contributed by atoms with Gasteiger partial charge in [0.1, 0.15) is 11.8 Å². The molecular weight excluding hydrogens is 288 g/mol. The van der Waals surface area contributed by atoms with Crippen molar-refractivity contribution in [2.24, 2.45) is 5.92 Å². The standard InChI is InChI=1S/C15H16N2O3S/c1-15(2)10(7-16)17-13(20)11(14(17)21-15)12(19)8-3-5-9(18)6-4-8/h3-6,10-12,14,18-19H,1-2H3/t10-,11-,12?,14+/m0/s1. The molecule has 6 heteroatoms. The topological polar surface area (TPSA) is 84.6 Å². The molecule has 2 fully saturated rings. The zero-order valence-corrected chi connectivity index (χ0v) is 12.5. The third-order valence-electron chi connectivity index (χ3n) is 4.18. The first kappa shape index (κ1) is 14.2. The van der Waals surface area contributed by atoms with E-state index in [0.29, 0.717) is 5.56 Å². The maximum atomic E-state index is 12.3. The van der Waals surface area contributed by atoms with Crippen LogP contribution in [0.4, 0.5) is 0 Å². The van der Waals surface area contributed by atoms with Crippen LogP contribution in [-0.2, 0) is 4.79 Å². The molecule has 0 bridgehead atoms. The second kappa shape index (κ2) is 4.65. The Morgan fingerprint density at radius 1 is 1.38 bits per heavy atom. The van der Waals surface area contributed by atoms with Crippen molar-refractivity contribution in [1.29, 1.82) is 5.26 Å². The van der Waals surface area contributed by atoms with Gasteiger partial charge in [-0.1, -0.05) is 12.1 Å². The van der Waals surface area contributed by atoms with Gasteiger partial charge in [-0.25, -0.2) is 0 Å². The fourth-order valence-electron chi connectivity index (χ4n) is 3.01. The van der Waals surface area contributed by atoms with Crippen molar-refractivity contribution < 1.29 is 15.0 Å². The van der Waals surface area contributed by atoms with E-state index in [4.69, 9.17) is 0 Å². The van der Waals surface area contributed by atoms with Gasteiger partial charge in [0.2, 0.25) is 5.91 Å². The van der Waals surface area contributed by atoms with E-state index in [2.05, 4.69) is 6.07 Å². The van der Waals surface area contributed by atoms with Crippen molar-refractivity contribution >= 4 is 17.7 Å². The van der Waals surface area contributed by atoms with Crippen LogP contribution in [0.3, 0.4) is 0 Å². The number of fused-ring (bicyclic) bond motifs is 1. The molecule has 0 aliphatic carbocycles. The van der Waals surface area contributed by atoms with Crippen molar-refractivity contribution in [3.05, 3.63) is 29.8 Å². The normalized spacial score (nSPS) is 31.2. The van der Waals surface area contributed by atoms with Gasteiger partial charge in [0.25, 0.3) is 0 Å². The van der Waals surface area contributed by atoms with Crippen LogP contribution in [0.15, 0.2) is 24.3 Å². The van der Waals surface area contributed by atoms with Crippen LogP contribution in [0.25, 0.3) is 0 Å². The van der Waals surface area contributed by atoms with Crippen LogP contribution in [0, 0.1) is 17.2 Å². The molecule has 1 unspecified atom stereocenters. The molecule has 21 heavy (non-hydrogen) atoms. The minimum Gasteiger partial charge on any atom is -0.508 e. The third-order valence-corrected chi connectivity index (χ3v) is 5.77. The Kier molecular flexibility index (Phi) is 3.15. The van der Waals surface area contributed by atoms with Crippen LogP contribution in [-0.4, -0.2) is 37.2 Å². The Bertz CT molecular complexity index is 623. The largest absolute Gasteiger partial charge is 0.508 e. The SMILES string of the molecule is CC1(C)S[C@@H]2[C@@H](C(O)c3ccc(O)cc3)C(=O)N2[C@H]1C#N. The number of nitrogens with zero attached hydrogens (tertiary/aromatic N) is 2. The maximum Gasteiger partial charge on any atom is 0.233 e. The number of aliphatic hydroxyl groups is 1. The zero-order valence-electron chi connectivity index (χ0n) is 11.7. The minimum absolute atomic E-state index is 0.119. The van der Waals surface area contributed by atoms with Crippen molar-refractivity contribution in [2.45, 2.75) is 36.1 Å². The van der Waals surface area contributed by atoms with Crippen molar-refractivity contribution in [3.63, 3.8) is 0 Å². The van der Waals surface area contributed by atoms with Crippen LogP contribution >= 0.6 is 11.8 Å². The molecule has 1 aromatic carbocycles. The van der Waals surface area contributed by atoms with Crippen molar-refractivity contribution in [1.82, 2.24) is 4.90 Å². The number of carbonyl (C=O) groups excluding carboxylic acids is 1. The first-order valence-electron chi connectivity index (χ1n) is 6.73. The van der Waals surface area contributed by atoms with E-state index < -0.39 is 18.1 Å². The Hall–Kier alpha value is -1.71. The summed E-state index contributed by atoms with van der Waals surface area (Å²) in [7, 11) is 0. The van der Waals surface area contributed by atoms with Gasteiger partial charge in [0.05, 0.1) is 23.5 Å². The van der Waals surface area contributed by atoms with Gasteiger partial charge in [0.15, 0.2) is 0 Å². The lowest BCUT2D eigenvalue weighted by molar-refractivity contribution is -0.159. The number of aromatic hydroxyl groups is 1. The first-order valence-corrected chi connectivity index (χ1v) is 7.61. The molecule has 3 rings (SSSR count). The predicted molar refractivity (Wildman–Crippen MR) is 78.3 cm³/mol. The van der Waals surface area contributed by atoms with Gasteiger partial charge < -0.3 is 15.1 Å². The average molecular weight is 304 g/mol. The summed E-state index contributed by atoms with van der Waals surface area (Å²) < 4.78 is -0.335. The van der Waals surface area contributed by atoms with E-state index in [-0.39, 0.29) is 21.8 Å². The Labute approximate surface area is 127 Å². The first-order chi connectivity index (χ1) is 9.86. The highest BCUT2D eigenvalue weighted by molar-refractivity contribution is 8.01. The van der Waals surface area contributed by atoms with Crippen LogP contribution in [0.2, 0.25) is 0 Å². The number of benzene rings is 1. The maximum absolute atomic E-state index is 12.3.